The summed E-state index contributed by atoms with van der Waals surface area (Å²) in [6, 6.07) is 5.36. The number of hydrogen-bond donors (Lipinski definition) is 1. The average molecular weight is 522 g/mol. The molecule has 0 spiro atoms. The zero-order chi connectivity index (χ0) is 26.2. The lowest BCUT2D eigenvalue weighted by molar-refractivity contribution is -0.274. The molecule has 1 aromatic carbocycles. The Balaban J connectivity index is 1.10. The highest BCUT2D eigenvalue weighted by Crippen LogP contribution is 2.36. The first kappa shape index (κ1) is 25.4. The Morgan fingerprint density at radius 2 is 1.68 bits per heavy atom. The summed E-state index contributed by atoms with van der Waals surface area (Å²) in [6.45, 7) is 2.58. The Kier molecular flexibility index (Phi) is 7.04. The molecule has 37 heavy (non-hydrogen) atoms. The van der Waals surface area contributed by atoms with Crippen LogP contribution in [0, 0.1) is 17.8 Å². The van der Waals surface area contributed by atoms with Crippen LogP contribution in [0.5, 0.6) is 5.75 Å². The minimum absolute atomic E-state index is 0.0153. The van der Waals surface area contributed by atoms with Crippen LogP contribution < -0.4 is 10.1 Å². The van der Waals surface area contributed by atoms with Gasteiger partial charge in [0.05, 0.1) is 6.04 Å². The lowest BCUT2D eigenvalue weighted by atomic mass is 9.83. The van der Waals surface area contributed by atoms with Crippen LogP contribution >= 0.6 is 0 Å². The van der Waals surface area contributed by atoms with Gasteiger partial charge in [0.1, 0.15) is 11.9 Å². The van der Waals surface area contributed by atoms with Crippen molar-refractivity contribution in [2.75, 3.05) is 26.2 Å². The van der Waals surface area contributed by atoms with Crippen LogP contribution in [0.15, 0.2) is 30.3 Å². The van der Waals surface area contributed by atoms with Crippen molar-refractivity contribution in [2.24, 2.45) is 17.8 Å². The molecule has 4 fully saturated rings. The number of likely N-dealkylation sites (tertiary alicyclic amines) is 2. The van der Waals surface area contributed by atoms with Crippen LogP contribution in [-0.4, -0.2) is 72.4 Å². The summed E-state index contributed by atoms with van der Waals surface area (Å²) < 4.78 is 46.1. The number of benzene rings is 1. The first-order valence-electron chi connectivity index (χ1n) is 12.7. The maximum Gasteiger partial charge on any atom is 0.573 e. The van der Waals surface area contributed by atoms with Crippen molar-refractivity contribution >= 4 is 24.0 Å². The fourth-order valence-corrected chi connectivity index (χ4v) is 6.03. The summed E-state index contributed by atoms with van der Waals surface area (Å²) in [5, 5.41) is 2.81. The molecule has 3 saturated heterocycles. The minimum Gasteiger partial charge on any atom is -0.444 e. The molecule has 0 radical (unpaired) electrons. The second kappa shape index (κ2) is 10.3. The zero-order valence-electron chi connectivity index (χ0n) is 20.3. The van der Waals surface area contributed by atoms with Gasteiger partial charge in [0.15, 0.2) is 0 Å². The number of fused-ring (bicyclic) bond motifs is 2. The normalized spacial score (nSPS) is 29.8. The third kappa shape index (κ3) is 6.02. The van der Waals surface area contributed by atoms with Crippen molar-refractivity contribution in [1.82, 2.24) is 15.1 Å². The van der Waals surface area contributed by atoms with Crippen LogP contribution in [0.2, 0.25) is 0 Å². The number of hydrogen-bond acceptors (Lipinski definition) is 5. The van der Waals surface area contributed by atoms with E-state index < -0.39 is 12.5 Å². The van der Waals surface area contributed by atoms with E-state index in [0.29, 0.717) is 50.0 Å². The Morgan fingerprint density at radius 1 is 1.00 bits per heavy atom. The van der Waals surface area contributed by atoms with Crippen molar-refractivity contribution in [1.29, 1.82) is 0 Å². The van der Waals surface area contributed by atoms with Gasteiger partial charge in [-0.05, 0) is 67.7 Å². The number of nitrogens with one attached hydrogen (secondary N) is 1. The van der Waals surface area contributed by atoms with Crippen molar-refractivity contribution in [2.45, 2.75) is 50.6 Å². The molecule has 1 N–H and O–H groups in total. The summed E-state index contributed by atoms with van der Waals surface area (Å²) in [6.07, 6.45) is 1.37. The highest BCUT2D eigenvalue weighted by atomic mass is 19.4. The zero-order valence-corrected chi connectivity index (χ0v) is 20.3. The first-order valence-corrected chi connectivity index (χ1v) is 12.7. The van der Waals surface area contributed by atoms with Gasteiger partial charge in [0.25, 0.3) is 0 Å². The Morgan fingerprint density at radius 3 is 2.32 bits per heavy atom. The van der Waals surface area contributed by atoms with Crippen molar-refractivity contribution in [3.05, 3.63) is 35.9 Å². The number of amides is 3. The van der Waals surface area contributed by atoms with E-state index in [9.17, 15) is 27.6 Å². The van der Waals surface area contributed by atoms with E-state index in [-0.39, 0.29) is 35.6 Å². The molecule has 4 aliphatic rings. The molecule has 1 aromatic rings. The van der Waals surface area contributed by atoms with Crippen molar-refractivity contribution in [3.63, 3.8) is 0 Å². The summed E-state index contributed by atoms with van der Waals surface area (Å²) >= 11 is 0. The van der Waals surface area contributed by atoms with Gasteiger partial charge in [0, 0.05) is 38.2 Å². The molecule has 3 aliphatic heterocycles. The van der Waals surface area contributed by atoms with E-state index in [1.54, 1.807) is 11.0 Å². The molecule has 0 bridgehead atoms. The van der Waals surface area contributed by atoms with E-state index in [0.717, 1.165) is 25.7 Å². The van der Waals surface area contributed by atoms with Crippen LogP contribution in [0.25, 0.3) is 6.08 Å². The lowest BCUT2D eigenvalue weighted by Gasteiger charge is -2.31. The highest BCUT2D eigenvalue weighted by molar-refractivity contribution is 5.91. The Bertz CT molecular complexity index is 1040. The number of halogens is 3. The Labute approximate surface area is 212 Å². The molecule has 5 rings (SSSR count). The lowest BCUT2D eigenvalue weighted by Crippen LogP contribution is -2.43. The summed E-state index contributed by atoms with van der Waals surface area (Å²) in [5.41, 5.74) is 0.598. The van der Waals surface area contributed by atoms with Gasteiger partial charge in [0.2, 0.25) is 11.8 Å². The standard InChI is InChI=1S/C26H30F3N3O5/c27-26(28,29)37-20-5-1-16(2-6-20)3-8-23(33)31-11-9-18-14-32(15-19(18)10-12-31)24(34)17-4-7-21-22(13-17)36-25(35)30-21/h1-3,5-6,8,17-19,21-22H,4,7,9-15H2,(H,30,35)/b8-3+/t17-,18-,19-,21-,22-/m0/s1. The Hall–Kier alpha value is -3.24. The van der Waals surface area contributed by atoms with E-state index in [1.807, 2.05) is 4.90 Å². The predicted molar refractivity (Wildman–Crippen MR) is 126 cm³/mol. The number of carbonyl (C=O) groups excluding carboxylic acids is 3. The number of rotatable bonds is 4. The predicted octanol–water partition coefficient (Wildman–Crippen LogP) is 3.57. The molecule has 5 atom stereocenters. The number of alkyl carbamates (subject to hydrolysis) is 1. The van der Waals surface area contributed by atoms with Gasteiger partial charge >= 0.3 is 12.5 Å². The van der Waals surface area contributed by atoms with Gasteiger partial charge in [-0.1, -0.05) is 12.1 Å². The van der Waals surface area contributed by atoms with Crippen LogP contribution in [-0.2, 0) is 14.3 Å². The number of carbonyl (C=O) groups is 3. The van der Waals surface area contributed by atoms with Crippen LogP contribution in [0.4, 0.5) is 18.0 Å². The second-order valence-electron chi connectivity index (χ2n) is 10.3. The molecule has 1 saturated carbocycles. The SMILES string of the molecule is O=C1N[C@H]2CC[C@H](C(=O)N3C[C@@H]4CCN(C(=O)/C=C/c5ccc(OC(F)(F)F)cc5)CC[C@H]4C3)C[C@@H]2O1. The third-order valence-electron chi connectivity index (χ3n) is 7.97. The van der Waals surface area contributed by atoms with Crippen molar-refractivity contribution in [3.8, 4) is 5.75 Å². The summed E-state index contributed by atoms with van der Waals surface area (Å²) in [5.74, 6) is 0.267. The maximum atomic E-state index is 13.2. The second-order valence-corrected chi connectivity index (χ2v) is 10.3. The fraction of sp³-hybridized carbons (Fsp3) is 0.577. The van der Waals surface area contributed by atoms with E-state index in [1.165, 1.54) is 30.3 Å². The highest BCUT2D eigenvalue weighted by Gasteiger charge is 2.44. The van der Waals surface area contributed by atoms with Crippen LogP contribution in [0.3, 0.4) is 0 Å². The number of ether oxygens (including phenoxy) is 2. The largest absolute Gasteiger partial charge is 0.573 e. The summed E-state index contributed by atoms with van der Waals surface area (Å²) in [4.78, 5) is 41.2. The molecular formula is C26H30F3N3O5. The topological polar surface area (TPSA) is 88.2 Å². The molecular weight excluding hydrogens is 491 g/mol. The molecule has 8 nitrogen and oxygen atoms in total. The molecule has 0 unspecified atom stereocenters. The van der Waals surface area contributed by atoms with Gasteiger partial charge in [-0.25, -0.2) is 4.79 Å². The van der Waals surface area contributed by atoms with E-state index in [2.05, 4.69) is 10.1 Å². The van der Waals surface area contributed by atoms with Gasteiger partial charge < -0.3 is 24.6 Å². The van der Waals surface area contributed by atoms with E-state index >= 15 is 0 Å². The smallest absolute Gasteiger partial charge is 0.444 e. The molecule has 3 heterocycles. The maximum absolute atomic E-state index is 13.2. The average Bonchev–Trinajstić information content (AvgIpc) is 3.37. The first-order chi connectivity index (χ1) is 17.6. The molecule has 11 heteroatoms. The van der Waals surface area contributed by atoms with Crippen molar-refractivity contribution < 1.29 is 37.0 Å². The van der Waals surface area contributed by atoms with Gasteiger partial charge in [-0.15, -0.1) is 13.2 Å². The minimum atomic E-state index is -4.74. The van der Waals surface area contributed by atoms with Gasteiger partial charge in [-0.3, -0.25) is 9.59 Å². The third-order valence-corrected chi connectivity index (χ3v) is 7.97. The number of nitrogens with zero attached hydrogens (tertiary/aromatic N) is 2. The number of alkyl halides is 3. The summed E-state index contributed by atoms with van der Waals surface area (Å²) in [7, 11) is 0. The van der Waals surface area contributed by atoms with Gasteiger partial charge in [-0.2, -0.15) is 0 Å². The molecule has 3 amide bonds. The fourth-order valence-electron chi connectivity index (χ4n) is 6.03. The quantitative estimate of drug-likeness (QED) is 0.613. The van der Waals surface area contributed by atoms with E-state index in [4.69, 9.17) is 4.74 Å². The molecule has 0 aromatic heterocycles. The molecule has 1 aliphatic carbocycles. The molecule has 200 valence electrons. The van der Waals surface area contributed by atoms with Crippen LogP contribution in [0.1, 0.15) is 37.7 Å². The monoisotopic (exact) mass is 521 g/mol.